The molecule has 21 heavy (non-hydrogen) atoms. The topological polar surface area (TPSA) is 0 Å². The lowest BCUT2D eigenvalue weighted by Gasteiger charge is -2.33. The van der Waals surface area contributed by atoms with Gasteiger partial charge in [0.05, 0.1) is 0 Å². The minimum absolute atomic E-state index is 0.747. The molecule has 0 aromatic heterocycles. The van der Waals surface area contributed by atoms with E-state index in [1.165, 1.54) is 42.4 Å². The van der Waals surface area contributed by atoms with Crippen molar-refractivity contribution >= 4 is 17.3 Å². The molecule has 0 N–H and O–H groups in total. The normalized spacial score (nSPS) is 24.5. The molecule has 2 heterocycles. The van der Waals surface area contributed by atoms with E-state index in [0.29, 0.717) is 0 Å². The second-order valence-electron chi connectivity index (χ2n) is 6.04. The Morgan fingerprint density at radius 3 is 2.38 bits per heavy atom. The summed E-state index contributed by atoms with van der Waals surface area (Å²) in [5, 5.41) is 1.59. The number of allylic oxidation sites excluding steroid dienone is 1. The van der Waals surface area contributed by atoms with Crippen molar-refractivity contribution in [3.05, 3.63) is 66.2 Å². The summed E-state index contributed by atoms with van der Waals surface area (Å²) in [7, 11) is 0. The molecule has 0 saturated carbocycles. The Kier molecular flexibility index (Phi) is 3.60. The maximum Gasteiger partial charge on any atom is 0.0235 e. The first kappa shape index (κ1) is 13.2. The van der Waals surface area contributed by atoms with Crippen molar-refractivity contribution < 1.29 is 0 Å². The average Bonchev–Trinajstić information content (AvgIpc) is 2.55. The van der Waals surface area contributed by atoms with Gasteiger partial charge < -0.3 is 0 Å². The van der Waals surface area contributed by atoms with Crippen molar-refractivity contribution in [2.45, 2.75) is 36.2 Å². The lowest BCUT2D eigenvalue weighted by Crippen LogP contribution is -2.21. The predicted octanol–water partition coefficient (Wildman–Crippen LogP) is 5.80. The van der Waals surface area contributed by atoms with Crippen molar-refractivity contribution in [2.75, 3.05) is 0 Å². The van der Waals surface area contributed by atoms with Gasteiger partial charge in [0.25, 0.3) is 0 Å². The molecule has 2 aromatic carbocycles. The number of benzene rings is 2. The van der Waals surface area contributed by atoms with Crippen LogP contribution in [0.3, 0.4) is 0 Å². The van der Waals surface area contributed by atoms with Gasteiger partial charge in [-0.05, 0) is 41.5 Å². The third kappa shape index (κ3) is 2.67. The van der Waals surface area contributed by atoms with Crippen LogP contribution in [0.15, 0.2) is 60.7 Å². The third-order valence-corrected chi connectivity index (χ3v) is 6.08. The Morgan fingerprint density at radius 1 is 0.810 bits per heavy atom. The van der Waals surface area contributed by atoms with Gasteiger partial charge in [-0.25, -0.2) is 0 Å². The number of fused-ring (bicyclic) bond motifs is 2. The third-order valence-electron chi connectivity index (χ3n) is 4.57. The molecule has 2 atom stereocenters. The molecule has 0 radical (unpaired) electrons. The van der Waals surface area contributed by atoms with Gasteiger partial charge in [0.15, 0.2) is 0 Å². The first-order valence-corrected chi connectivity index (χ1v) is 8.85. The SMILES string of the molecule is C1=C(c2ccccc2-c2ccccc2)CC2CCCC1S2. The summed E-state index contributed by atoms with van der Waals surface area (Å²) >= 11 is 2.20. The summed E-state index contributed by atoms with van der Waals surface area (Å²) in [5.74, 6) is 0. The molecule has 106 valence electrons. The second kappa shape index (κ2) is 5.73. The lowest BCUT2D eigenvalue weighted by atomic mass is 9.88. The van der Waals surface area contributed by atoms with Crippen LogP contribution in [0, 0.1) is 0 Å². The molecule has 1 heteroatoms. The maximum atomic E-state index is 2.54. The van der Waals surface area contributed by atoms with Gasteiger partial charge in [0.2, 0.25) is 0 Å². The summed E-state index contributed by atoms with van der Waals surface area (Å²) in [6, 6.07) is 19.7. The van der Waals surface area contributed by atoms with Gasteiger partial charge >= 0.3 is 0 Å². The van der Waals surface area contributed by atoms with Crippen LogP contribution in [0.1, 0.15) is 31.2 Å². The van der Waals surface area contributed by atoms with E-state index < -0.39 is 0 Å². The number of thioether (sulfide) groups is 1. The van der Waals surface area contributed by atoms with Crippen molar-refractivity contribution in [2.24, 2.45) is 0 Å². The average molecular weight is 292 g/mol. The Labute approximate surface area is 131 Å². The summed E-state index contributed by atoms with van der Waals surface area (Å²) in [6.07, 6.45) is 7.95. The van der Waals surface area contributed by atoms with Crippen LogP contribution in [0.25, 0.3) is 16.7 Å². The lowest BCUT2D eigenvalue weighted by molar-refractivity contribution is 0.630. The molecular formula is C20H20S. The van der Waals surface area contributed by atoms with Gasteiger partial charge in [-0.2, -0.15) is 11.8 Å². The van der Waals surface area contributed by atoms with E-state index >= 15 is 0 Å². The first-order chi connectivity index (χ1) is 10.4. The molecule has 0 aliphatic carbocycles. The van der Waals surface area contributed by atoms with Gasteiger partial charge in [0, 0.05) is 10.5 Å². The Balaban J connectivity index is 1.78. The Hall–Kier alpha value is -1.47. The first-order valence-electron chi connectivity index (χ1n) is 7.91. The van der Waals surface area contributed by atoms with Crippen LogP contribution in [0.2, 0.25) is 0 Å². The van der Waals surface area contributed by atoms with Crippen LogP contribution in [-0.2, 0) is 0 Å². The van der Waals surface area contributed by atoms with E-state index in [1.807, 2.05) is 0 Å². The van der Waals surface area contributed by atoms with Crippen molar-refractivity contribution in [3.63, 3.8) is 0 Å². The number of hydrogen-bond donors (Lipinski definition) is 0. The molecular weight excluding hydrogens is 272 g/mol. The fourth-order valence-electron chi connectivity index (χ4n) is 3.57. The van der Waals surface area contributed by atoms with Crippen LogP contribution < -0.4 is 0 Å². The van der Waals surface area contributed by atoms with E-state index in [2.05, 4.69) is 72.4 Å². The molecule has 0 nitrogen and oxygen atoms in total. The molecule has 2 aliphatic heterocycles. The number of hydrogen-bond acceptors (Lipinski definition) is 1. The Morgan fingerprint density at radius 2 is 1.57 bits per heavy atom. The zero-order valence-corrected chi connectivity index (χ0v) is 13.0. The van der Waals surface area contributed by atoms with Gasteiger partial charge in [-0.1, -0.05) is 67.1 Å². The van der Waals surface area contributed by atoms with E-state index in [0.717, 1.165) is 10.5 Å². The molecule has 1 fully saturated rings. The quantitative estimate of drug-likeness (QED) is 0.674. The fourth-order valence-corrected chi connectivity index (χ4v) is 5.19. The second-order valence-corrected chi connectivity index (χ2v) is 7.58. The molecule has 2 bridgehead atoms. The summed E-state index contributed by atoms with van der Waals surface area (Å²) < 4.78 is 0. The van der Waals surface area contributed by atoms with Crippen LogP contribution in [0.5, 0.6) is 0 Å². The van der Waals surface area contributed by atoms with Crippen LogP contribution >= 0.6 is 11.8 Å². The van der Waals surface area contributed by atoms with E-state index in [1.54, 1.807) is 5.57 Å². The zero-order valence-electron chi connectivity index (χ0n) is 12.2. The van der Waals surface area contributed by atoms with E-state index in [9.17, 15) is 0 Å². The molecule has 2 aliphatic rings. The van der Waals surface area contributed by atoms with Crippen molar-refractivity contribution in [1.29, 1.82) is 0 Å². The predicted molar refractivity (Wildman–Crippen MR) is 93.5 cm³/mol. The molecule has 0 spiro atoms. The highest BCUT2D eigenvalue weighted by Gasteiger charge is 2.27. The largest absolute Gasteiger partial charge is 0.151 e. The molecule has 4 rings (SSSR count). The van der Waals surface area contributed by atoms with Gasteiger partial charge in [-0.15, -0.1) is 0 Å². The monoisotopic (exact) mass is 292 g/mol. The molecule has 0 amide bonds. The van der Waals surface area contributed by atoms with Crippen LogP contribution in [0.4, 0.5) is 0 Å². The van der Waals surface area contributed by atoms with Crippen molar-refractivity contribution in [1.82, 2.24) is 0 Å². The van der Waals surface area contributed by atoms with Gasteiger partial charge in [-0.3, -0.25) is 0 Å². The highest BCUT2D eigenvalue weighted by molar-refractivity contribution is 8.00. The highest BCUT2D eigenvalue weighted by atomic mass is 32.2. The smallest absolute Gasteiger partial charge is 0.0235 e. The highest BCUT2D eigenvalue weighted by Crippen LogP contribution is 2.44. The minimum atomic E-state index is 0.747. The van der Waals surface area contributed by atoms with Gasteiger partial charge in [0.1, 0.15) is 0 Å². The maximum absolute atomic E-state index is 2.54. The van der Waals surface area contributed by atoms with Crippen molar-refractivity contribution in [3.8, 4) is 11.1 Å². The molecule has 2 unspecified atom stereocenters. The Bertz CT molecular complexity index is 657. The fraction of sp³-hybridized carbons (Fsp3) is 0.300. The van der Waals surface area contributed by atoms with E-state index in [-0.39, 0.29) is 0 Å². The zero-order chi connectivity index (χ0) is 14.1. The summed E-state index contributed by atoms with van der Waals surface area (Å²) in [6.45, 7) is 0. The summed E-state index contributed by atoms with van der Waals surface area (Å²) in [5.41, 5.74) is 5.73. The molecule has 2 aromatic rings. The summed E-state index contributed by atoms with van der Waals surface area (Å²) in [4.78, 5) is 0. The standard InChI is InChI=1S/C20H20S/c1-2-7-15(8-3-1)19-11-4-5-12-20(19)16-13-17-9-6-10-18(14-16)21-17/h1-5,7-8,11-13,17-18H,6,9-10,14H2. The van der Waals surface area contributed by atoms with E-state index in [4.69, 9.17) is 0 Å². The number of rotatable bonds is 2. The van der Waals surface area contributed by atoms with Crippen LogP contribution in [-0.4, -0.2) is 10.5 Å². The molecule has 1 saturated heterocycles. The minimum Gasteiger partial charge on any atom is -0.151 e.